The molecule has 8 heteroatoms. The number of halogens is 1. The second-order valence-corrected chi connectivity index (χ2v) is 9.65. The average molecular weight is 499 g/mol. The van der Waals surface area contributed by atoms with Crippen molar-refractivity contribution >= 4 is 17.4 Å². The van der Waals surface area contributed by atoms with Crippen LogP contribution in [0.3, 0.4) is 0 Å². The molecule has 0 aliphatic carbocycles. The van der Waals surface area contributed by atoms with Crippen LogP contribution in [0.5, 0.6) is 0 Å². The molecule has 7 nitrogen and oxygen atoms in total. The summed E-state index contributed by atoms with van der Waals surface area (Å²) in [5.41, 5.74) is 4.47. The lowest BCUT2D eigenvalue weighted by molar-refractivity contribution is 0.0746. The van der Waals surface area contributed by atoms with Crippen molar-refractivity contribution in [2.24, 2.45) is 0 Å². The highest BCUT2D eigenvalue weighted by atomic mass is 19.1. The second kappa shape index (κ2) is 11.0. The van der Waals surface area contributed by atoms with Crippen molar-refractivity contribution in [2.75, 3.05) is 62.2 Å². The Balaban J connectivity index is 1.18. The van der Waals surface area contributed by atoms with Crippen LogP contribution >= 0.6 is 0 Å². The summed E-state index contributed by atoms with van der Waals surface area (Å²) < 4.78 is 13.3. The molecule has 0 radical (unpaired) electrons. The van der Waals surface area contributed by atoms with Gasteiger partial charge in [-0.25, -0.2) is 9.37 Å². The van der Waals surface area contributed by atoms with Crippen LogP contribution in [0.1, 0.15) is 27.0 Å². The van der Waals surface area contributed by atoms with E-state index in [9.17, 15) is 14.4 Å². The van der Waals surface area contributed by atoms with Gasteiger partial charge in [-0.05, 0) is 60.5 Å². The van der Waals surface area contributed by atoms with E-state index < -0.39 is 0 Å². The highest BCUT2D eigenvalue weighted by Gasteiger charge is 2.25. The fraction of sp³-hybridized carbons (Fsp3) is 0.345. The monoisotopic (exact) mass is 498 g/mol. The molecule has 0 saturated carbocycles. The molecule has 190 valence electrons. The Bertz CT molecular complexity index is 1290. The summed E-state index contributed by atoms with van der Waals surface area (Å²) in [7, 11) is 0. The predicted octanol–water partition coefficient (Wildman–Crippen LogP) is 3.69. The number of nitriles is 1. The number of nitrogens with zero attached hydrogens (tertiary/aromatic N) is 6. The third-order valence-corrected chi connectivity index (χ3v) is 7.28. The molecule has 3 aromatic rings. The van der Waals surface area contributed by atoms with Crippen LogP contribution in [0.4, 0.5) is 15.9 Å². The SMILES string of the molecule is Cc1ccc(CN2CCN(c3ncccc3C#N)CC2)cc1C(=O)N1CCN(c2ccc(F)cc2)CC1. The van der Waals surface area contributed by atoms with Crippen molar-refractivity contribution in [1.29, 1.82) is 5.26 Å². The molecule has 2 aliphatic heterocycles. The lowest BCUT2D eigenvalue weighted by atomic mass is 10.0. The lowest BCUT2D eigenvalue weighted by Gasteiger charge is -2.36. The lowest BCUT2D eigenvalue weighted by Crippen LogP contribution is -2.49. The summed E-state index contributed by atoms with van der Waals surface area (Å²) in [6.07, 6.45) is 1.73. The normalized spacial score (nSPS) is 16.5. The molecule has 2 aromatic carbocycles. The van der Waals surface area contributed by atoms with Crippen LogP contribution in [-0.2, 0) is 6.54 Å². The number of hydrogen-bond donors (Lipinski definition) is 0. The van der Waals surface area contributed by atoms with E-state index in [2.05, 4.69) is 31.8 Å². The van der Waals surface area contributed by atoms with E-state index in [1.54, 1.807) is 24.4 Å². The Morgan fingerprint density at radius 3 is 2.35 bits per heavy atom. The van der Waals surface area contributed by atoms with Gasteiger partial charge in [-0.3, -0.25) is 9.69 Å². The van der Waals surface area contributed by atoms with E-state index in [1.807, 2.05) is 30.0 Å². The van der Waals surface area contributed by atoms with E-state index >= 15 is 0 Å². The van der Waals surface area contributed by atoms with Gasteiger partial charge >= 0.3 is 0 Å². The molecule has 2 aliphatic rings. The van der Waals surface area contributed by atoms with Gasteiger partial charge in [0.1, 0.15) is 17.7 Å². The molecule has 0 atom stereocenters. The molecule has 3 heterocycles. The largest absolute Gasteiger partial charge is 0.368 e. The van der Waals surface area contributed by atoms with E-state index in [-0.39, 0.29) is 11.7 Å². The molecule has 0 spiro atoms. The predicted molar refractivity (Wildman–Crippen MR) is 142 cm³/mol. The Morgan fingerprint density at radius 2 is 1.65 bits per heavy atom. The first-order chi connectivity index (χ1) is 18.0. The van der Waals surface area contributed by atoms with Crippen molar-refractivity contribution in [2.45, 2.75) is 13.5 Å². The van der Waals surface area contributed by atoms with E-state index in [0.29, 0.717) is 18.7 Å². The highest BCUT2D eigenvalue weighted by molar-refractivity contribution is 5.96. The first-order valence-corrected chi connectivity index (χ1v) is 12.7. The number of amides is 1. The standard InChI is InChI=1S/C29H31FN6O/c1-22-4-5-23(21-33-11-13-35(14-12-33)28-24(20-31)3-2-10-32-28)19-27(22)29(37)36-17-15-34(16-18-36)26-8-6-25(30)7-9-26/h2-10,19H,11-18,21H2,1H3. The minimum atomic E-state index is -0.240. The number of carbonyl (C=O) groups is 1. The molecule has 0 bridgehead atoms. The zero-order chi connectivity index (χ0) is 25.8. The second-order valence-electron chi connectivity index (χ2n) is 9.65. The summed E-state index contributed by atoms with van der Waals surface area (Å²) in [5.74, 6) is 0.589. The average Bonchev–Trinajstić information content (AvgIpc) is 2.94. The number of rotatable bonds is 5. The van der Waals surface area contributed by atoms with Crippen molar-refractivity contribution in [3.63, 3.8) is 0 Å². The first kappa shape index (κ1) is 24.7. The molecule has 0 unspecified atom stereocenters. The van der Waals surface area contributed by atoms with Gasteiger partial charge < -0.3 is 14.7 Å². The van der Waals surface area contributed by atoms with Crippen LogP contribution < -0.4 is 9.80 Å². The Kier molecular flexibility index (Phi) is 7.33. The summed E-state index contributed by atoms with van der Waals surface area (Å²) in [6, 6.07) is 18.6. The molecule has 1 amide bonds. The Labute approximate surface area is 217 Å². The molecule has 5 rings (SSSR count). The molecular weight excluding hydrogens is 467 g/mol. The Morgan fingerprint density at radius 1 is 0.946 bits per heavy atom. The van der Waals surface area contributed by atoms with Gasteiger partial charge in [-0.1, -0.05) is 12.1 Å². The zero-order valence-electron chi connectivity index (χ0n) is 21.1. The van der Waals surface area contributed by atoms with Crippen molar-refractivity contribution in [1.82, 2.24) is 14.8 Å². The van der Waals surface area contributed by atoms with E-state index in [1.165, 1.54) is 12.1 Å². The van der Waals surface area contributed by atoms with Crippen LogP contribution in [0.25, 0.3) is 0 Å². The smallest absolute Gasteiger partial charge is 0.254 e. The number of aryl methyl sites for hydroxylation is 1. The van der Waals surface area contributed by atoms with E-state index in [4.69, 9.17) is 0 Å². The number of anilines is 2. The zero-order valence-corrected chi connectivity index (χ0v) is 21.1. The number of benzene rings is 2. The maximum Gasteiger partial charge on any atom is 0.254 e. The summed E-state index contributed by atoms with van der Waals surface area (Å²) >= 11 is 0. The highest BCUT2D eigenvalue weighted by Crippen LogP contribution is 2.22. The number of piperazine rings is 2. The number of aromatic nitrogens is 1. The van der Waals surface area contributed by atoms with Gasteiger partial charge in [-0.15, -0.1) is 0 Å². The topological polar surface area (TPSA) is 66.7 Å². The maximum atomic E-state index is 13.4. The van der Waals surface area contributed by atoms with Crippen molar-refractivity contribution in [3.05, 3.63) is 88.9 Å². The molecule has 0 N–H and O–H groups in total. The molecule has 1 aromatic heterocycles. The van der Waals surface area contributed by atoms with Crippen molar-refractivity contribution in [3.8, 4) is 6.07 Å². The minimum Gasteiger partial charge on any atom is -0.368 e. The minimum absolute atomic E-state index is 0.0714. The quantitative estimate of drug-likeness (QED) is 0.535. The van der Waals surface area contributed by atoms with Gasteiger partial charge in [-0.2, -0.15) is 5.26 Å². The summed E-state index contributed by atoms with van der Waals surface area (Å²) in [5, 5.41) is 9.38. The molecular formula is C29H31FN6O. The van der Waals surface area contributed by atoms with Crippen LogP contribution in [0, 0.1) is 24.1 Å². The van der Waals surface area contributed by atoms with Gasteiger partial charge in [0.25, 0.3) is 5.91 Å². The third kappa shape index (κ3) is 5.57. The first-order valence-electron chi connectivity index (χ1n) is 12.7. The summed E-state index contributed by atoms with van der Waals surface area (Å²) in [6.45, 7) is 8.84. The van der Waals surface area contributed by atoms with Crippen LogP contribution in [0.2, 0.25) is 0 Å². The van der Waals surface area contributed by atoms with Gasteiger partial charge in [0.15, 0.2) is 0 Å². The Hall–Kier alpha value is -3.96. The van der Waals surface area contributed by atoms with Gasteiger partial charge in [0.05, 0.1) is 5.56 Å². The summed E-state index contributed by atoms with van der Waals surface area (Å²) in [4.78, 5) is 26.5. The fourth-order valence-electron chi connectivity index (χ4n) is 5.10. The molecule has 2 saturated heterocycles. The number of pyridine rings is 1. The van der Waals surface area contributed by atoms with E-state index in [0.717, 1.165) is 74.0 Å². The fourth-order valence-corrected chi connectivity index (χ4v) is 5.10. The molecule has 37 heavy (non-hydrogen) atoms. The van der Waals surface area contributed by atoms with Gasteiger partial charge in [0.2, 0.25) is 0 Å². The van der Waals surface area contributed by atoms with Crippen molar-refractivity contribution < 1.29 is 9.18 Å². The third-order valence-electron chi connectivity index (χ3n) is 7.28. The number of hydrogen-bond acceptors (Lipinski definition) is 6. The van der Waals surface area contributed by atoms with Crippen LogP contribution in [-0.4, -0.2) is 73.0 Å². The maximum absolute atomic E-state index is 13.4. The van der Waals surface area contributed by atoms with Crippen LogP contribution in [0.15, 0.2) is 60.8 Å². The number of carbonyl (C=O) groups excluding carboxylic acids is 1. The van der Waals surface area contributed by atoms with Gasteiger partial charge in [0, 0.05) is 76.4 Å². The molecule has 2 fully saturated rings.